The average molecular weight is 450 g/mol. The van der Waals surface area contributed by atoms with Gasteiger partial charge in [0.25, 0.3) is 0 Å². The molecule has 33 heavy (non-hydrogen) atoms. The van der Waals surface area contributed by atoms with Gasteiger partial charge in [0.15, 0.2) is 0 Å². The number of carbonyl (C=O) groups excluding carboxylic acids is 1. The minimum Gasteiger partial charge on any atom is -0.444 e. The lowest BCUT2D eigenvalue weighted by molar-refractivity contribution is -0.195. The molecule has 3 fully saturated rings. The Morgan fingerprint density at radius 1 is 0.970 bits per heavy atom. The van der Waals surface area contributed by atoms with Crippen LogP contribution < -0.4 is 0 Å². The summed E-state index contributed by atoms with van der Waals surface area (Å²) in [4.78, 5) is 19.7. The lowest BCUT2D eigenvalue weighted by Crippen LogP contribution is -2.77. The third-order valence-corrected chi connectivity index (χ3v) is 7.03. The SMILES string of the molecule is CC(C)(C)OC(=O)N1CCN(C2CN(C(c3ccccc3)c3ccccc3)C2)C2(COC2)C1. The first-order valence-corrected chi connectivity index (χ1v) is 12.0. The van der Waals surface area contributed by atoms with E-state index >= 15 is 0 Å². The van der Waals surface area contributed by atoms with Crippen molar-refractivity contribution in [3.8, 4) is 0 Å². The number of ether oxygens (including phenoxy) is 2. The minimum atomic E-state index is -0.476. The van der Waals surface area contributed by atoms with E-state index < -0.39 is 5.60 Å². The van der Waals surface area contributed by atoms with Crippen LogP contribution in [0.25, 0.3) is 0 Å². The number of amides is 1. The van der Waals surface area contributed by atoms with Crippen LogP contribution in [0.2, 0.25) is 0 Å². The molecule has 1 amide bonds. The second-order valence-electron chi connectivity index (χ2n) is 10.6. The van der Waals surface area contributed by atoms with Gasteiger partial charge in [-0.15, -0.1) is 0 Å². The molecule has 3 aliphatic heterocycles. The van der Waals surface area contributed by atoms with Gasteiger partial charge in [0, 0.05) is 38.8 Å². The Bertz CT molecular complexity index is 910. The maximum Gasteiger partial charge on any atom is 0.410 e. The summed E-state index contributed by atoms with van der Waals surface area (Å²) >= 11 is 0. The molecule has 176 valence electrons. The van der Waals surface area contributed by atoms with Crippen molar-refractivity contribution in [2.45, 2.75) is 44.0 Å². The fraction of sp³-hybridized carbons (Fsp3) is 0.519. The molecule has 0 radical (unpaired) electrons. The van der Waals surface area contributed by atoms with E-state index in [9.17, 15) is 4.79 Å². The monoisotopic (exact) mass is 449 g/mol. The highest BCUT2D eigenvalue weighted by Gasteiger charge is 2.53. The average Bonchev–Trinajstić information content (AvgIpc) is 2.74. The first-order valence-electron chi connectivity index (χ1n) is 12.0. The van der Waals surface area contributed by atoms with Crippen LogP contribution in [0.4, 0.5) is 4.79 Å². The number of benzene rings is 2. The summed E-state index contributed by atoms with van der Waals surface area (Å²) in [6, 6.07) is 22.3. The Morgan fingerprint density at radius 2 is 1.55 bits per heavy atom. The summed E-state index contributed by atoms with van der Waals surface area (Å²) in [7, 11) is 0. The Balaban J connectivity index is 1.28. The predicted octanol–water partition coefficient (Wildman–Crippen LogP) is 3.78. The van der Waals surface area contributed by atoms with Crippen LogP contribution in [-0.2, 0) is 9.47 Å². The molecule has 5 rings (SSSR count). The van der Waals surface area contributed by atoms with Crippen molar-refractivity contribution in [2.75, 3.05) is 45.9 Å². The van der Waals surface area contributed by atoms with Gasteiger partial charge < -0.3 is 14.4 Å². The second-order valence-corrected chi connectivity index (χ2v) is 10.6. The van der Waals surface area contributed by atoms with Gasteiger partial charge >= 0.3 is 6.09 Å². The van der Waals surface area contributed by atoms with E-state index in [1.807, 2.05) is 25.7 Å². The summed E-state index contributed by atoms with van der Waals surface area (Å²) in [6.07, 6.45) is -0.211. The van der Waals surface area contributed by atoms with Crippen LogP contribution in [0.3, 0.4) is 0 Å². The summed E-state index contributed by atoms with van der Waals surface area (Å²) in [6.45, 7) is 11.4. The molecule has 0 aromatic heterocycles. The third kappa shape index (κ3) is 4.52. The van der Waals surface area contributed by atoms with Crippen molar-refractivity contribution in [3.63, 3.8) is 0 Å². The fourth-order valence-corrected chi connectivity index (χ4v) is 5.42. The molecule has 0 N–H and O–H groups in total. The zero-order chi connectivity index (χ0) is 23.1. The highest BCUT2D eigenvalue weighted by molar-refractivity contribution is 5.68. The quantitative estimate of drug-likeness (QED) is 0.711. The molecule has 3 saturated heterocycles. The number of rotatable bonds is 4. The van der Waals surface area contributed by atoms with Gasteiger partial charge in [-0.05, 0) is 31.9 Å². The largest absolute Gasteiger partial charge is 0.444 e. The zero-order valence-corrected chi connectivity index (χ0v) is 19.9. The molecular formula is C27H35N3O3. The van der Waals surface area contributed by atoms with Crippen LogP contribution in [0.15, 0.2) is 60.7 Å². The van der Waals surface area contributed by atoms with Gasteiger partial charge in [-0.25, -0.2) is 4.79 Å². The number of nitrogens with zero attached hydrogens (tertiary/aromatic N) is 3. The highest BCUT2D eigenvalue weighted by atomic mass is 16.6. The Morgan fingerprint density at radius 3 is 2.03 bits per heavy atom. The van der Waals surface area contributed by atoms with Crippen molar-refractivity contribution >= 4 is 6.09 Å². The molecule has 0 atom stereocenters. The van der Waals surface area contributed by atoms with E-state index in [0.29, 0.717) is 32.3 Å². The van der Waals surface area contributed by atoms with Crippen molar-refractivity contribution in [3.05, 3.63) is 71.8 Å². The number of hydrogen-bond donors (Lipinski definition) is 0. The van der Waals surface area contributed by atoms with E-state index in [2.05, 4.69) is 70.5 Å². The van der Waals surface area contributed by atoms with Crippen LogP contribution in [0.5, 0.6) is 0 Å². The molecule has 0 aliphatic carbocycles. The molecule has 3 aliphatic rings. The molecule has 2 aromatic rings. The first-order chi connectivity index (χ1) is 15.8. The molecule has 3 heterocycles. The van der Waals surface area contributed by atoms with Gasteiger partial charge in [0.2, 0.25) is 0 Å². The first kappa shape index (κ1) is 22.4. The molecule has 1 spiro atoms. The molecule has 6 nitrogen and oxygen atoms in total. The molecule has 0 saturated carbocycles. The maximum atomic E-state index is 12.7. The standard InChI is InChI=1S/C27H35N3O3/c1-26(2,3)33-25(31)28-14-15-30(27(18-28)19-32-20-27)23-16-29(17-23)24(21-10-6-4-7-11-21)22-12-8-5-9-13-22/h4-13,23-24H,14-20H2,1-3H3. The topological polar surface area (TPSA) is 45.2 Å². The van der Waals surface area contributed by atoms with E-state index in [1.165, 1.54) is 11.1 Å². The van der Waals surface area contributed by atoms with E-state index in [4.69, 9.17) is 9.47 Å². The van der Waals surface area contributed by atoms with Gasteiger partial charge in [0.05, 0.1) is 24.8 Å². The van der Waals surface area contributed by atoms with Crippen molar-refractivity contribution in [1.82, 2.24) is 14.7 Å². The van der Waals surface area contributed by atoms with Crippen molar-refractivity contribution in [1.29, 1.82) is 0 Å². The molecule has 0 unspecified atom stereocenters. The van der Waals surface area contributed by atoms with Crippen LogP contribution >= 0.6 is 0 Å². The van der Waals surface area contributed by atoms with E-state index in [-0.39, 0.29) is 17.7 Å². The second kappa shape index (κ2) is 8.75. The highest BCUT2D eigenvalue weighted by Crippen LogP contribution is 2.38. The summed E-state index contributed by atoms with van der Waals surface area (Å²) in [5.74, 6) is 0. The molecule has 0 bridgehead atoms. The molecular weight excluding hydrogens is 414 g/mol. The zero-order valence-electron chi connectivity index (χ0n) is 19.9. The van der Waals surface area contributed by atoms with Gasteiger partial charge in [-0.1, -0.05) is 60.7 Å². The Kier molecular flexibility index (Phi) is 5.93. The van der Waals surface area contributed by atoms with Crippen LogP contribution in [-0.4, -0.2) is 83.9 Å². The number of hydrogen-bond acceptors (Lipinski definition) is 5. The number of likely N-dealkylation sites (tertiary alicyclic amines) is 1. The van der Waals surface area contributed by atoms with E-state index in [0.717, 1.165) is 19.6 Å². The summed E-state index contributed by atoms with van der Waals surface area (Å²) in [5, 5.41) is 0. The number of piperazine rings is 1. The van der Waals surface area contributed by atoms with Gasteiger partial charge in [0.1, 0.15) is 5.60 Å². The molecule has 2 aromatic carbocycles. The maximum absolute atomic E-state index is 12.7. The Hall–Kier alpha value is -2.41. The fourth-order valence-electron chi connectivity index (χ4n) is 5.42. The normalized spacial score (nSPS) is 21.6. The van der Waals surface area contributed by atoms with Crippen LogP contribution in [0, 0.1) is 0 Å². The number of carbonyl (C=O) groups is 1. The van der Waals surface area contributed by atoms with Crippen molar-refractivity contribution in [2.24, 2.45) is 0 Å². The van der Waals surface area contributed by atoms with Crippen LogP contribution in [0.1, 0.15) is 37.9 Å². The van der Waals surface area contributed by atoms with Gasteiger partial charge in [-0.2, -0.15) is 0 Å². The Labute approximate surface area is 197 Å². The van der Waals surface area contributed by atoms with Gasteiger partial charge in [-0.3, -0.25) is 9.80 Å². The lowest BCUT2D eigenvalue weighted by atomic mass is 9.86. The predicted molar refractivity (Wildman–Crippen MR) is 128 cm³/mol. The minimum absolute atomic E-state index is 0.0824. The summed E-state index contributed by atoms with van der Waals surface area (Å²) < 4.78 is 11.3. The third-order valence-electron chi connectivity index (χ3n) is 7.03. The molecule has 6 heteroatoms. The smallest absolute Gasteiger partial charge is 0.410 e. The van der Waals surface area contributed by atoms with Crippen molar-refractivity contribution < 1.29 is 14.3 Å². The van der Waals surface area contributed by atoms with E-state index in [1.54, 1.807) is 0 Å². The lowest BCUT2D eigenvalue weighted by Gasteiger charge is -2.61. The summed E-state index contributed by atoms with van der Waals surface area (Å²) in [5.41, 5.74) is 2.11.